The van der Waals surface area contributed by atoms with E-state index in [4.69, 9.17) is 18.9 Å². The number of para-hydroxylation sites is 1. The summed E-state index contributed by atoms with van der Waals surface area (Å²) in [6, 6.07) is 14.1. The monoisotopic (exact) mass is 575 g/mol. The molecule has 0 radical (unpaired) electrons. The van der Waals surface area contributed by atoms with Gasteiger partial charge in [-0.25, -0.2) is 0 Å². The minimum atomic E-state index is -0.419. The molecule has 0 bridgehead atoms. The zero-order valence-electron chi connectivity index (χ0n) is 24.6. The first-order valence-electron chi connectivity index (χ1n) is 13.7. The fourth-order valence-corrected chi connectivity index (χ4v) is 5.34. The van der Waals surface area contributed by atoms with Crippen molar-refractivity contribution < 1.29 is 28.5 Å². The van der Waals surface area contributed by atoms with Crippen molar-refractivity contribution in [2.24, 2.45) is 0 Å². The van der Waals surface area contributed by atoms with E-state index in [-0.39, 0.29) is 29.5 Å². The van der Waals surface area contributed by atoms with Crippen molar-refractivity contribution in [3.63, 3.8) is 0 Å². The summed E-state index contributed by atoms with van der Waals surface area (Å²) in [5, 5.41) is 8.84. The quantitative estimate of drug-likeness (QED) is 0.317. The van der Waals surface area contributed by atoms with Crippen LogP contribution < -0.4 is 40.3 Å². The number of carbonyl (C=O) groups excluding carboxylic acids is 2. The molecule has 10 nitrogen and oxygen atoms in total. The summed E-state index contributed by atoms with van der Waals surface area (Å²) in [5.74, 6) is 1.73. The molecule has 0 fully saturated rings. The Labute approximate surface area is 245 Å². The van der Waals surface area contributed by atoms with Gasteiger partial charge in [0.05, 0.1) is 46.7 Å². The van der Waals surface area contributed by atoms with Crippen LogP contribution in [0.2, 0.25) is 0 Å². The van der Waals surface area contributed by atoms with Crippen LogP contribution in [0.25, 0.3) is 11.1 Å². The lowest BCUT2D eigenvalue weighted by atomic mass is 9.95. The van der Waals surface area contributed by atoms with Crippen molar-refractivity contribution in [1.82, 2.24) is 10.6 Å². The van der Waals surface area contributed by atoms with Gasteiger partial charge in [0.2, 0.25) is 23.0 Å². The van der Waals surface area contributed by atoms with Crippen molar-refractivity contribution >= 4 is 17.5 Å². The maximum absolute atomic E-state index is 13.4. The molecule has 3 aromatic carbocycles. The van der Waals surface area contributed by atoms with Gasteiger partial charge in [-0.1, -0.05) is 24.3 Å². The summed E-state index contributed by atoms with van der Waals surface area (Å²) in [6.07, 6.45) is 1.76. The topological polar surface area (TPSA) is 124 Å². The van der Waals surface area contributed by atoms with Crippen LogP contribution in [-0.4, -0.2) is 53.3 Å². The molecule has 222 valence electrons. The molecular weight excluding hydrogens is 538 g/mol. The lowest BCUT2D eigenvalue weighted by Gasteiger charge is -2.19. The number of hydrogen-bond acceptors (Lipinski definition) is 8. The molecule has 1 aliphatic rings. The number of hydrogen-bond donors (Lipinski definition) is 3. The van der Waals surface area contributed by atoms with E-state index in [0.717, 1.165) is 22.4 Å². The average Bonchev–Trinajstić information content (AvgIpc) is 3.23. The van der Waals surface area contributed by atoms with Gasteiger partial charge in [0, 0.05) is 19.0 Å². The van der Waals surface area contributed by atoms with Crippen molar-refractivity contribution in [1.29, 1.82) is 0 Å². The Morgan fingerprint density at radius 2 is 1.64 bits per heavy atom. The third kappa shape index (κ3) is 6.59. The Kier molecular flexibility index (Phi) is 9.90. The molecule has 0 saturated carbocycles. The predicted molar refractivity (Wildman–Crippen MR) is 161 cm³/mol. The number of carbonyl (C=O) groups is 2. The molecule has 4 rings (SSSR count). The number of ether oxygens (including phenoxy) is 4. The third-order valence-electron chi connectivity index (χ3n) is 7.26. The standard InChI is InChI=1S/C32H37N3O7/c1-19(36)35-24-12-10-21-16-28(40-3)31(41-4)32(42-5)30(21)22-11-13-25(26(37)17-23(22)24)34-18-29(38)33-15-14-20-8-6-7-9-27(20)39-2/h6-9,11,13,16-17,24H,10,12,14-15,18H2,1-5H3,(H,33,38)(H,34,37)(H,35,36)/t24-/m0/s1. The van der Waals surface area contributed by atoms with E-state index in [1.807, 2.05) is 36.4 Å². The molecule has 3 aromatic rings. The Morgan fingerprint density at radius 1 is 0.905 bits per heavy atom. The predicted octanol–water partition coefficient (Wildman–Crippen LogP) is 3.64. The van der Waals surface area contributed by atoms with Gasteiger partial charge in [-0.2, -0.15) is 0 Å². The Bertz CT molecular complexity index is 1520. The number of nitrogens with one attached hydrogen (secondary N) is 3. The van der Waals surface area contributed by atoms with Gasteiger partial charge in [0.15, 0.2) is 11.5 Å². The van der Waals surface area contributed by atoms with E-state index in [9.17, 15) is 14.4 Å². The number of fused-ring (bicyclic) bond motifs is 3. The Morgan fingerprint density at radius 3 is 2.33 bits per heavy atom. The van der Waals surface area contributed by atoms with Crippen LogP contribution in [0.1, 0.15) is 36.1 Å². The molecule has 0 unspecified atom stereocenters. The molecule has 42 heavy (non-hydrogen) atoms. The maximum atomic E-state index is 13.4. The summed E-state index contributed by atoms with van der Waals surface area (Å²) >= 11 is 0. The maximum Gasteiger partial charge on any atom is 0.239 e. The second-order valence-electron chi connectivity index (χ2n) is 9.86. The van der Waals surface area contributed by atoms with E-state index in [0.29, 0.717) is 54.2 Å². The van der Waals surface area contributed by atoms with Crippen molar-refractivity contribution in [3.8, 4) is 34.1 Å². The van der Waals surface area contributed by atoms with Crippen LogP contribution >= 0.6 is 0 Å². The minimum Gasteiger partial charge on any atom is -0.496 e. The van der Waals surface area contributed by atoms with Crippen molar-refractivity contribution in [3.05, 3.63) is 75.4 Å². The van der Waals surface area contributed by atoms with Crippen LogP contribution in [0.15, 0.2) is 53.3 Å². The second-order valence-corrected chi connectivity index (χ2v) is 9.86. The molecule has 3 N–H and O–H groups in total. The van der Waals surface area contributed by atoms with Crippen LogP contribution in [0.4, 0.5) is 5.69 Å². The fraction of sp³-hybridized carbons (Fsp3) is 0.344. The number of amides is 2. The number of methoxy groups -OCH3 is 4. The van der Waals surface area contributed by atoms with E-state index < -0.39 is 6.04 Å². The average molecular weight is 576 g/mol. The van der Waals surface area contributed by atoms with Crippen molar-refractivity contribution in [2.75, 3.05) is 46.8 Å². The fourth-order valence-electron chi connectivity index (χ4n) is 5.34. The largest absolute Gasteiger partial charge is 0.496 e. The van der Waals surface area contributed by atoms with Gasteiger partial charge in [0.25, 0.3) is 0 Å². The number of anilines is 1. The highest BCUT2D eigenvalue weighted by Gasteiger charge is 2.29. The van der Waals surface area contributed by atoms with E-state index in [1.54, 1.807) is 27.4 Å². The molecule has 2 amide bonds. The summed E-state index contributed by atoms with van der Waals surface area (Å²) in [6.45, 7) is 1.78. The molecule has 0 aliphatic heterocycles. The molecule has 0 heterocycles. The molecule has 0 saturated heterocycles. The highest BCUT2D eigenvalue weighted by atomic mass is 16.5. The van der Waals surface area contributed by atoms with Crippen LogP contribution in [-0.2, 0) is 22.4 Å². The molecular formula is C32H37N3O7. The van der Waals surface area contributed by atoms with Crippen LogP contribution in [0, 0.1) is 0 Å². The second kappa shape index (κ2) is 13.8. The number of benzene rings is 2. The highest BCUT2D eigenvalue weighted by molar-refractivity contribution is 5.84. The summed E-state index contributed by atoms with van der Waals surface area (Å²) in [4.78, 5) is 38.2. The highest BCUT2D eigenvalue weighted by Crippen LogP contribution is 2.50. The van der Waals surface area contributed by atoms with E-state index in [1.165, 1.54) is 20.1 Å². The smallest absolute Gasteiger partial charge is 0.239 e. The third-order valence-corrected chi connectivity index (χ3v) is 7.26. The number of rotatable bonds is 11. The van der Waals surface area contributed by atoms with Crippen molar-refractivity contribution in [2.45, 2.75) is 32.2 Å². The Balaban J connectivity index is 1.64. The molecule has 1 atom stereocenters. The van der Waals surface area contributed by atoms with Gasteiger partial charge in [-0.15, -0.1) is 0 Å². The summed E-state index contributed by atoms with van der Waals surface area (Å²) in [7, 11) is 6.26. The zero-order valence-corrected chi connectivity index (χ0v) is 24.6. The van der Waals surface area contributed by atoms with E-state index in [2.05, 4.69) is 16.0 Å². The summed E-state index contributed by atoms with van der Waals surface area (Å²) < 4.78 is 22.4. The van der Waals surface area contributed by atoms with Gasteiger partial charge >= 0.3 is 0 Å². The summed E-state index contributed by atoms with van der Waals surface area (Å²) in [5.41, 5.74) is 3.99. The van der Waals surface area contributed by atoms with Gasteiger partial charge in [-0.05, 0) is 65.8 Å². The SMILES string of the molecule is COc1ccccc1CCNC(=O)CNc1ccc2c(cc1=O)[C@@H](NC(C)=O)CCc1cc(OC)c(OC)c(OC)c1-2. The molecule has 10 heteroatoms. The number of aryl methyl sites for hydroxylation is 1. The van der Waals surface area contributed by atoms with Gasteiger partial charge in [0.1, 0.15) is 5.75 Å². The zero-order chi connectivity index (χ0) is 30.2. The van der Waals surface area contributed by atoms with Crippen LogP contribution in [0.3, 0.4) is 0 Å². The lowest BCUT2D eigenvalue weighted by Crippen LogP contribution is -2.32. The molecule has 1 aliphatic carbocycles. The van der Waals surface area contributed by atoms with Gasteiger partial charge < -0.3 is 34.9 Å². The first-order chi connectivity index (χ1) is 20.3. The first-order valence-corrected chi connectivity index (χ1v) is 13.7. The molecule has 0 aromatic heterocycles. The Hall–Kier alpha value is -4.73. The van der Waals surface area contributed by atoms with Gasteiger partial charge in [-0.3, -0.25) is 14.4 Å². The normalized spacial score (nSPS) is 13.5. The van der Waals surface area contributed by atoms with E-state index >= 15 is 0 Å². The van der Waals surface area contributed by atoms with Crippen LogP contribution in [0.5, 0.6) is 23.0 Å². The minimum absolute atomic E-state index is 0.0874. The lowest BCUT2D eigenvalue weighted by molar-refractivity contribution is -0.120. The molecule has 0 spiro atoms. The first kappa shape index (κ1) is 30.2.